The summed E-state index contributed by atoms with van der Waals surface area (Å²) in [5, 5.41) is 12.2. The molecule has 3 heterocycles. The number of benzene rings is 3. The summed E-state index contributed by atoms with van der Waals surface area (Å²) in [6, 6.07) is 26.6. The Kier molecular flexibility index (Phi) is 9.05. The Morgan fingerprint density at radius 3 is 2.36 bits per heavy atom. The van der Waals surface area contributed by atoms with E-state index < -0.39 is 11.4 Å². The van der Waals surface area contributed by atoms with Gasteiger partial charge < -0.3 is 19.1 Å². The number of ether oxygens (including phenoxy) is 2. The molecule has 242 valence electrons. The maximum atomic E-state index is 12.4. The van der Waals surface area contributed by atoms with Crippen LogP contribution in [-0.2, 0) is 24.4 Å². The molecule has 0 aliphatic rings. The fourth-order valence-electron chi connectivity index (χ4n) is 5.48. The van der Waals surface area contributed by atoms with E-state index in [2.05, 4.69) is 72.8 Å². The molecule has 1 N–H and O–H groups in total. The molecule has 6 aromatic rings. The largest absolute Gasteiger partial charge is 0.495 e. The first-order valence-corrected chi connectivity index (χ1v) is 17.2. The van der Waals surface area contributed by atoms with Crippen LogP contribution >= 0.6 is 23.1 Å². The zero-order chi connectivity index (χ0) is 33.3. The predicted octanol–water partition coefficient (Wildman–Crippen LogP) is 9.49. The highest BCUT2D eigenvalue weighted by Crippen LogP contribution is 2.44. The normalized spacial score (nSPS) is 12.1. The van der Waals surface area contributed by atoms with Crippen LogP contribution < -0.4 is 9.47 Å². The van der Waals surface area contributed by atoms with Gasteiger partial charge in [-0.3, -0.25) is 9.78 Å². The predicted molar refractivity (Wildman–Crippen MR) is 192 cm³/mol. The van der Waals surface area contributed by atoms with Crippen LogP contribution in [0.3, 0.4) is 0 Å². The molecular weight excluding hydrogens is 627 g/mol. The Labute approximate surface area is 283 Å². The van der Waals surface area contributed by atoms with Crippen molar-refractivity contribution in [2.24, 2.45) is 5.41 Å². The molecule has 0 saturated heterocycles. The molecule has 0 aliphatic heterocycles. The van der Waals surface area contributed by atoms with Crippen molar-refractivity contribution in [2.75, 3.05) is 7.11 Å². The number of pyridine rings is 1. The van der Waals surface area contributed by atoms with E-state index in [1.54, 1.807) is 50.3 Å². The summed E-state index contributed by atoms with van der Waals surface area (Å²) in [6.45, 7) is 11.1. The highest BCUT2D eigenvalue weighted by atomic mass is 32.2. The van der Waals surface area contributed by atoms with Gasteiger partial charge in [0, 0.05) is 44.8 Å². The third kappa shape index (κ3) is 7.31. The van der Waals surface area contributed by atoms with Crippen LogP contribution in [0.1, 0.15) is 50.9 Å². The molecule has 3 aromatic carbocycles. The van der Waals surface area contributed by atoms with Crippen LogP contribution in [0.4, 0.5) is 0 Å². The van der Waals surface area contributed by atoms with Crippen molar-refractivity contribution in [1.29, 1.82) is 0 Å². The Balaban J connectivity index is 1.39. The van der Waals surface area contributed by atoms with Crippen molar-refractivity contribution in [3.8, 4) is 22.8 Å². The summed E-state index contributed by atoms with van der Waals surface area (Å²) in [5.74, 6) is 0.651. The quantitative estimate of drug-likeness (QED) is 0.138. The van der Waals surface area contributed by atoms with Crippen molar-refractivity contribution >= 4 is 50.2 Å². The second kappa shape index (κ2) is 13.0. The van der Waals surface area contributed by atoms with E-state index in [9.17, 15) is 9.90 Å². The highest BCUT2D eigenvalue weighted by Gasteiger charge is 2.33. The molecule has 3 aromatic heterocycles. The summed E-state index contributed by atoms with van der Waals surface area (Å²) >= 11 is 3.41. The summed E-state index contributed by atoms with van der Waals surface area (Å²) in [7, 11) is 1.63. The van der Waals surface area contributed by atoms with Crippen molar-refractivity contribution in [1.82, 2.24) is 14.5 Å². The molecular formula is C38H39N3O4S2. The lowest BCUT2D eigenvalue weighted by Gasteiger charge is -2.24. The van der Waals surface area contributed by atoms with Crippen molar-refractivity contribution < 1.29 is 19.4 Å². The van der Waals surface area contributed by atoms with Gasteiger partial charge in [0.05, 0.1) is 34.6 Å². The Bertz CT molecular complexity index is 2010. The average Bonchev–Trinajstić information content (AvgIpc) is 3.58. The van der Waals surface area contributed by atoms with Crippen LogP contribution in [0.15, 0.2) is 90.0 Å². The number of fused-ring (bicyclic) bond motifs is 2. The summed E-state index contributed by atoms with van der Waals surface area (Å²) in [6.07, 6.45) is 2.10. The van der Waals surface area contributed by atoms with E-state index in [4.69, 9.17) is 14.5 Å². The lowest BCUT2D eigenvalue weighted by Crippen LogP contribution is -2.28. The number of hydrogen-bond donors (Lipinski definition) is 1. The first kappa shape index (κ1) is 32.6. The van der Waals surface area contributed by atoms with Gasteiger partial charge in [-0.15, -0.1) is 23.1 Å². The van der Waals surface area contributed by atoms with Gasteiger partial charge in [0.1, 0.15) is 23.1 Å². The standard InChI is InChI=1S/C38H39N3O4S2/c1-37(2,3)47-35-28-19-26(45-23-34-40-30-9-7-8-10-33(30)46-34)16-18-31(28)41(32(35)20-38(4,5)36(42)43)22-24-11-13-25(14-12-24)29-17-15-27(44-6)21-39-29/h7-19,21H,20,22-23H2,1-6H3,(H,42,43). The second-order valence-corrected chi connectivity index (χ2v) is 16.2. The van der Waals surface area contributed by atoms with Gasteiger partial charge >= 0.3 is 5.97 Å². The fourth-order valence-corrected chi connectivity index (χ4v) is 7.54. The lowest BCUT2D eigenvalue weighted by atomic mass is 9.88. The monoisotopic (exact) mass is 665 g/mol. The maximum Gasteiger partial charge on any atom is 0.309 e. The number of hydrogen-bond acceptors (Lipinski definition) is 7. The number of thiazole rings is 1. The number of carboxylic acids is 1. The van der Waals surface area contributed by atoms with E-state index in [-0.39, 0.29) is 4.75 Å². The van der Waals surface area contributed by atoms with Crippen molar-refractivity contribution in [3.05, 3.63) is 101 Å². The summed E-state index contributed by atoms with van der Waals surface area (Å²) in [5.41, 5.74) is 5.06. The zero-order valence-electron chi connectivity index (χ0n) is 27.5. The zero-order valence-corrected chi connectivity index (χ0v) is 29.2. The minimum Gasteiger partial charge on any atom is -0.495 e. The van der Waals surface area contributed by atoms with Gasteiger partial charge in [0.25, 0.3) is 0 Å². The van der Waals surface area contributed by atoms with Crippen molar-refractivity contribution in [3.63, 3.8) is 0 Å². The number of carboxylic acid groups (broad SMARTS) is 1. The van der Waals surface area contributed by atoms with Gasteiger partial charge in [-0.05, 0) is 61.9 Å². The topological polar surface area (TPSA) is 86.5 Å². The molecule has 0 fully saturated rings. The number of methoxy groups -OCH3 is 1. The van der Waals surface area contributed by atoms with Crippen molar-refractivity contribution in [2.45, 2.75) is 63.8 Å². The third-order valence-electron chi connectivity index (χ3n) is 7.95. The van der Waals surface area contributed by atoms with E-state index in [0.29, 0.717) is 19.6 Å². The minimum absolute atomic E-state index is 0.105. The van der Waals surface area contributed by atoms with Crippen LogP contribution in [0.5, 0.6) is 11.5 Å². The van der Waals surface area contributed by atoms with E-state index in [1.165, 1.54) is 0 Å². The number of thioether (sulfide) groups is 1. The Morgan fingerprint density at radius 1 is 0.957 bits per heavy atom. The van der Waals surface area contributed by atoms with Gasteiger partial charge in [0.15, 0.2) is 0 Å². The average molecular weight is 666 g/mol. The number of nitrogens with zero attached hydrogens (tertiary/aromatic N) is 3. The number of para-hydroxylation sites is 1. The minimum atomic E-state index is -0.963. The lowest BCUT2D eigenvalue weighted by molar-refractivity contribution is -0.146. The number of carbonyl (C=O) groups is 1. The molecule has 0 amide bonds. The van der Waals surface area contributed by atoms with Gasteiger partial charge in [0.2, 0.25) is 0 Å². The summed E-state index contributed by atoms with van der Waals surface area (Å²) < 4.78 is 14.9. The first-order valence-electron chi connectivity index (χ1n) is 15.5. The second-order valence-electron chi connectivity index (χ2n) is 13.3. The molecule has 0 radical (unpaired) electrons. The Hall–Kier alpha value is -4.34. The van der Waals surface area contributed by atoms with Crippen LogP contribution in [0.25, 0.3) is 32.4 Å². The molecule has 47 heavy (non-hydrogen) atoms. The molecule has 9 heteroatoms. The number of aliphatic carboxylic acids is 1. The number of rotatable bonds is 11. The SMILES string of the molecule is COc1ccc(-c2ccc(Cn3c(CC(C)(C)C(=O)O)c(SC(C)(C)C)c4cc(OCc5nc6ccccc6s5)ccc43)cc2)nc1. The highest BCUT2D eigenvalue weighted by molar-refractivity contribution is 8.00. The molecule has 6 rings (SSSR count). The van der Waals surface area contributed by atoms with Gasteiger partial charge in [-0.1, -0.05) is 57.2 Å². The molecule has 0 bridgehead atoms. The van der Waals surface area contributed by atoms with E-state index in [0.717, 1.165) is 65.0 Å². The molecule has 0 unspecified atom stereocenters. The smallest absolute Gasteiger partial charge is 0.309 e. The van der Waals surface area contributed by atoms with E-state index >= 15 is 0 Å². The van der Waals surface area contributed by atoms with E-state index in [1.807, 2.05) is 36.4 Å². The molecule has 0 aliphatic carbocycles. The summed E-state index contributed by atoms with van der Waals surface area (Å²) in [4.78, 5) is 22.8. The Morgan fingerprint density at radius 2 is 1.70 bits per heavy atom. The third-order valence-corrected chi connectivity index (χ3v) is 10.2. The number of aromatic nitrogens is 3. The van der Waals surface area contributed by atoms with Crippen LogP contribution in [0.2, 0.25) is 0 Å². The van der Waals surface area contributed by atoms with Crippen LogP contribution in [-0.4, -0.2) is 37.5 Å². The van der Waals surface area contributed by atoms with Gasteiger partial charge in [-0.25, -0.2) is 4.98 Å². The maximum absolute atomic E-state index is 12.4. The van der Waals surface area contributed by atoms with Crippen LogP contribution in [0, 0.1) is 5.41 Å². The molecule has 0 atom stereocenters. The first-order chi connectivity index (χ1) is 22.4. The molecule has 7 nitrogen and oxygen atoms in total. The van der Waals surface area contributed by atoms with Gasteiger partial charge in [-0.2, -0.15) is 0 Å². The fraction of sp³-hybridized carbons (Fsp3) is 0.289. The molecule has 0 spiro atoms. The molecule has 0 saturated carbocycles.